The molecular formula is C16H32O5SSi. The van der Waals surface area contributed by atoms with E-state index in [1.54, 1.807) is 0 Å². The number of fused-ring (bicyclic) bond motifs is 1. The van der Waals surface area contributed by atoms with E-state index in [9.17, 15) is 5.11 Å². The first kappa shape index (κ1) is 19.7. The van der Waals surface area contributed by atoms with Gasteiger partial charge < -0.3 is 23.7 Å². The average molecular weight is 365 g/mol. The molecule has 3 unspecified atom stereocenters. The number of aliphatic hydroxyl groups excluding tert-OH is 1. The molecule has 23 heavy (non-hydrogen) atoms. The van der Waals surface area contributed by atoms with Crippen LogP contribution in [0.3, 0.4) is 0 Å². The van der Waals surface area contributed by atoms with Crippen LogP contribution in [-0.2, 0) is 18.6 Å². The van der Waals surface area contributed by atoms with Gasteiger partial charge in [0.25, 0.3) is 0 Å². The van der Waals surface area contributed by atoms with Crippen molar-refractivity contribution < 1.29 is 23.7 Å². The molecule has 2 aliphatic heterocycles. The maximum Gasteiger partial charge on any atom is 0.192 e. The summed E-state index contributed by atoms with van der Waals surface area (Å²) in [5.74, 6) is -0.706. The second-order valence-electron chi connectivity index (χ2n) is 8.41. The number of aliphatic hydroxyl groups is 1. The summed E-state index contributed by atoms with van der Waals surface area (Å²) >= 11 is 1.49. The molecule has 2 rings (SSSR count). The van der Waals surface area contributed by atoms with E-state index in [1.807, 2.05) is 20.1 Å². The van der Waals surface area contributed by atoms with Crippen molar-refractivity contribution in [1.29, 1.82) is 0 Å². The van der Waals surface area contributed by atoms with Crippen LogP contribution in [0.4, 0.5) is 0 Å². The van der Waals surface area contributed by atoms with Crippen LogP contribution >= 0.6 is 11.8 Å². The first-order chi connectivity index (χ1) is 10.4. The van der Waals surface area contributed by atoms with Crippen molar-refractivity contribution in [3.8, 4) is 0 Å². The van der Waals surface area contributed by atoms with Crippen molar-refractivity contribution in [2.75, 3.05) is 12.9 Å². The molecule has 136 valence electrons. The van der Waals surface area contributed by atoms with Gasteiger partial charge in [-0.05, 0) is 38.2 Å². The van der Waals surface area contributed by atoms with Crippen molar-refractivity contribution in [2.45, 2.75) is 88.4 Å². The number of rotatable bonds is 4. The van der Waals surface area contributed by atoms with E-state index in [0.717, 1.165) is 0 Å². The van der Waals surface area contributed by atoms with Crippen LogP contribution in [0.1, 0.15) is 34.6 Å². The van der Waals surface area contributed by atoms with E-state index in [1.165, 1.54) is 11.8 Å². The van der Waals surface area contributed by atoms with Gasteiger partial charge in [-0.3, -0.25) is 0 Å². The third-order valence-corrected chi connectivity index (χ3v) is 10.5. The smallest absolute Gasteiger partial charge is 0.192 e. The molecule has 0 saturated carbocycles. The van der Waals surface area contributed by atoms with Crippen LogP contribution in [0.2, 0.25) is 18.1 Å². The molecule has 0 radical (unpaired) electrons. The Morgan fingerprint density at radius 3 is 2.26 bits per heavy atom. The Morgan fingerprint density at radius 2 is 1.74 bits per heavy atom. The highest BCUT2D eigenvalue weighted by molar-refractivity contribution is 7.99. The highest BCUT2D eigenvalue weighted by Gasteiger charge is 2.55. The summed E-state index contributed by atoms with van der Waals surface area (Å²) in [5, 5.41) is 10.6. The molecule has 0 aromatic rings. The predicted molar refractivity (Wildman–Crippen MR) is 95.2 cm³/mol. The van der Waals surface area contributed by atoms with Crippen LogP contribution < -0.4 is 0 Å². The lowest BCUT2D eigenvalue weighted by atomic mass is 10.0. The van der Waals surface area contributed by atoms with E-state index in [0.29, 0.717) is 6.61 Å². The van der Waals surface area contributed by atoms with Crippen molar-refractivity contribution >= 4 is 20.1 Å². The van der Waals surface area contributed by atoms with Gasteiger partial charge in [0.1, 0.15) is 29.9 Å². The Kier molecular flexibility index (Phi) is 5.64. The summed E-state index contributed by atoms with van der Waals surface area (Å²) in [7, 11) is -1.86. The normalized spacial score (nSPS) is 37.7. The molecule has 0 spiro atoms. The SMILES string of the molecule is CSC1OC(CO[Si](C)(C)C(C)(C)C)C2OC(C)(C)O[C@@H]2[C@H]1O. The van der Waals surface area contributed by atoms with Crippen molar-refractivity contribution in [1.82, 2.24) is 0 Å². The minimum absolute atomic E-state index is 0.145. The van der Waals surface area contributed by atoms with Gasteiger partial charge in [0.15, 0.2) is 14.1 Å². The fourth-order valence-electron chi connectivity index (χ4n) is 2.69. The molecule has 2 fully saturated rings. The average Bonchev–Trinajstić information content (AvgIpc) is 2.73. The lowest BCUT2D eigenvalue weighted by Crippen LogP contribution is -2.57. The van der Waals surface area contributed by atoms with E-state index in [-0.39, 0.29) is 28.8 Å². The molecule has 1 N–H and O–H groups in total. The number of ether oxygens (including phenoxy) is 3. The minimum atomic E-state index is -1.86. The van der Waals surface area contributed by atoms with Crippen molar-refractivity contribution in [3.63, 3.8) is 0 Å². The van der Waals surface area contributed by atoms with Crippen LogP contribution in [0.15, 0.2) is 0 Å². The van der Waals surface area contributed by atoms with E-state index in [4.69, 9.17) is 18.6 Å². The topological polar surface area (TPSA) is 57.2 Å². The quantitative estimate of drug-likeness (QED) is 0.774. The first-order valence-corrected chi connectivity index (χ1v) is 12.4. The lowest BCUT2D eigenvalue weighted by molar-refractivity contribution is -0.166. The van der Waals surface area contributed by atoms with Crippen molar-refractivity contribution in [3.05, 3.63) is 0 Å². The Hall–Kier alpha value is 0.367. The Labute approximate surface area is 145 Å². The number of hydrogen-bond acceptors (Lipinski definition) is 6. The fraction of sp³-hybridized carbons (Fsp3) is 1.00. The monoisotopic (exact) mass is 364 g/mol. The second-order valence-corrected chi connectivity index (χ2v) is 14.2. The molecule has 2 aliphatic rings. The maximum absolute atomic E-state index is 10.5. The predicted octanol–water partition coefficient (Wildman–Crippen LogP) is 2.98. The molecule has 0 amide bonds. The van der Waals surface area contributed by atoms with Crippen LogP contribution in [0.25, 0.3) is 0 Å². The van der Waals surface area contributed by atoms with E-state index < -0.39 is 20.2 Å². The van der Waals surface area contributed by atoms with Gasteiger partial charge in [0.05, 0.1) is 6.61 Å². The molecule has 5 nitrogen and oxygen atoms in total. The third kappa shape index (κ3) is 4.14. The third-order valence-electron chi connectivity index (χ3n) is 5.10. The standard InChI is InChI=1S/C16H32O5SSi/c1-15(2,3)23(7,8)18-9-10-12-13(21-16(4,5)20-12)11(17)14(19-10)22-6/h10-14,17H,9H2,1-8H3/t10?,11-,12?,13-,14?/m1/s1. The summed E-state index contributed by atoms with van der Waals surface area (Å²) in [5.41, 5.74) is -0.318. The summed E-state index contributed by atoms with van der Waals surface area (Å²) in [4.78, 5) is 0. The molecular weight excluding hydrogens is 332 g/mol. The zero-order valence-electron chi connectivity index (χ0n) is 15.6. The van der Waals surface area contributed by atoms with Gasteiger partial charge in [-0.1, -0.05) is 20.8 Å². The number of hydrogen-bond donors (Lipinski definition) is 1. The van der Waals surface area contributed by atoms with Crippen LogP contribution in [0.5, 0.6) is 0 Å². The zero-order valence-corrected chi connectivity index (χ0v) is 17.4. The summed E-state index contributed by atoms with van der Waals surface area (Å²) in [6.07, 6.45) is 0.344. The fourth-order valence-corrected chi connectivity index (χ4v) is 4.39. The molecule has 2 saturated heterocycles. The van der Waals surface area contributed by atoms with Crippen LogP contribution in [0, 0.1) is 0 Å². The highest BCUT2D eigenvalue weighted by atomic mass is 32.2. The molecule has 7 heteroatoms. The van der Waals surface area contributed by atoms with Crippen molar-refractivity contribution in [2.24, 2.45) is 0 Å². The lowest BCUT2D eigenvalue weighted by Gasteiger charge is -2.42. The summed E-state index contributed by atoms with van der Waals surface area (Å²) in [6, 6.07) is 0. The Bertz CT molecular complexity index is 423. The summed E-state index contributed by atoms with van der Waals surface area (Å²) < 4.78 is 24.3. The summed E-state index contributed by atoms with van der Waals surface area (Å²) in [6.45, 7) is 15.3. The van der Waals surface area contributed by atoms with Gasteiger partial charge in [0.2, 0.25) is 0 Å². The second kappa shape index (κ2) is 6.59. The molecule has 0 aliphatic carbocycles. The molecule has 0 aromatic heterocycles. The van der Waals surface area contributed by atoms with E-state index in [2.05, 4.69) is 33.9 Å². The Morgan fingerprint density at radius 1 is 1.17 bits per heavy atom. The van der Waals surface area contributed by atoms with Gasteiger partial charge in [-0.15, -0.1) is 11.8 Å². The minimum Gasteiger partial charge on any atom is -0.414 e. The largest absolute Gasteiger partial charge is 0.414 e. The Balaban J connectivity index is 2.11. The highest BCUT2D eigenvalue weighted by Crippen LogP contribution is 2.41. The maximum atomic E-state index is 10.5. The zero-order chi connectivity index (χ0) is 17.6. The molecule has 0 aromatic carbocycles. The van der Waals surface area contributed by atoms with Gasteiger partial charge in [-0.2, -0.15) is 0 Å². The number of thioether (sulfide) groups is 1. The van der Waals surface area contributed by atoms with E-state index >= 15 is 0 Å². The molecule has 0 bridgehead atoms. The molecule has 5 atom stereocenters. The van der Waals surface area contributed by atoms with Gasteiger partial charge in [0, 0.05) is 0 Å². The van der Waals surface area contributed by atoms with Gasteiger partial charge >= 0.3 is 0 Å². The van der Waals surface area contributed by atoms with Crippen LogP contribution in [-0.4, -0.2) is 61.9 Å². The molecule has 2 heterocycles. The first-order valence-electron chi connectivity index (χ1n) is 8.24. The van der Waals surface area contributed by atoms with Gasteiger partial charge in [-0.25, -0.2) is 0 Å².